The van der Waals surface area contributed by atoms with Crippen LogP contribution in [0, 0.1) is 6.92 Å². The van der Waals surface area contributed by atoms with E-state index in [1.54, 1.807) is 13.0 Å². The summed E-state index contributed by atoms with van der Waals surface area (Å²) in [5, 5.41) is 16.9. The highest BCUT2D eigenvalue weighted by Crippen LogP contribution is 2.23. The molecule has 2 heterocycles. The quantitative estimate of drug-likeness (QED) is 0.217. The van der Waals surface area contributed by atoms with Crippen molar-refractivity contribution in [3.05, 3.63) is 23.7 Å². The monoisotopic (exact) mass is 481 g/mol. The van der Waals surface area contributed by atoms with E-state index in [4.69, 9.17) is 13.9 Å². The lowest BCUT2D eigenvalue weighted by atomic mass is 10.0. The van der Waals surface area contributed by atoms with E-state index in [-0.39, 0.29) is 36.6 Å². The van der Waals surface area contributed by atoms with Crippen LogP contribution in [0.25, 0.3) is 0 Å². The minimum atomic E-state index is -1.15. The standard InChI is InChI=1S/C18H31N3O4.HI/c1-4-19-17(20-9-11-23-12-15-6-5-10-24-15)21-13-18(3,22)16-8-7-14(2)25-16;/h7-8,15,22H,4-6,9-13H2,1-3H3,(H2,19,20,21);1H. The fourth-order valence-corrected chi connectivity index (χ4v) is 2.61. The van der Waals surface area contributed by atoms with Crippen LogP contribution in [-0.2, 0) is 15.1 Å². The Hall–Kier alpha value is -0.840. The van der Waals surface area contributed by atoms with Crippen molar-refractivity contribution in [1.82, 2.24) is 10.6 Å². The molecule has 1 aliphatic rings. The van der Waals surface area contributed by atoms with E-state index < -0.39 is 5.60 Å². The van der Waals surface area contributed by atoms with Crippen LogP contribution < -0.4 is 10.6 Å². The topological polar surface area (TPSA) is 88.3 Å². The first-order valence-corrected chi connectivity index (χ1v) is 9.02. The lowest BCUT2D eigenvalue weighted by Gasteiger charge is -2.19. The third-order valence-electron chi connectivity index (χ3n) is 4.03. The summed E-state index contributed by atoms with van der Waals surface area (Å²) in [5.74, 6) is 1.93. The Labute approximate surface area is 172 Å². The molecule has 1 aromatic rings. The van der Waals surface area contributed by atoms with Crippen LogP contribution in [0.15, 0.2) is 21.5 Å². The van der Waals surface area contributed by atoms with Crippen molar-refractivity contribution in [3.8, 4) is 0 Å². The molecule has 0 bridgehead atoms. The average Bonchev–Trinajstić information content (AvgIpc) is 3.24. The molecular formula is C18H32IN3O4. The fraction of sp³-hybridized carbons (Fsp3) is 0.722. The average molecular weight is 481 g/mol. The second kappa shape index (κ2) is 11.8. The Bertz CT molecular complexity index is 542. The molecule has 0 aliphatic carbocycles. The van der Waals surface area contributed by atoms with Gasteiger partial charge >= 0.3 is 0 Å². The molecule has 0 amide bonds. The minimum absolute atomic E-state index is 0. The molecule has 1 fully saturated rings. The third-order valence-corrected chi connectivity index (χ3v) is 4.03. The molecule has 0 aromatic carbocycles. The Morgan fingerprint density at radius 1 is 1.42 bits per heavy atom. The van der Waals surface area contributed by atoms with Crippen molar-refractivity contribution in [1.29, 1.82) is 0 Å². The molecule has 2 atom stereocenters. The first kappa shape index (κ1) is 23.2. The number of nitrogens with zero attached hydrogens (tertiary/aromatic N) is 1. The normalized spacial score (nSPS) is 19.7. The van der Waals surface area contributed by atoms with Gasteiger partial charge in [-0.05, 0) is 45.7 Å². The number of rotatable bonds is 9. The molecule has 26 heavy (non-hydrogen) atoms. The van der Waals surface area contributed by atoms with Gasteiger partial charge in [0.05, 0.1) is 25.9 Å². The summed E-state index contributed by atoms with van der Waals surface area (Å²) in [6, 6.07) is 3.62. The Morgan fingerprint density at radius 3 is 2.85 bits per heavy atom. The first-order chi connectivity index (χ1) is 12.0. The highest BCUT2D eigenvalue weighted by Gasteiger charge is 2.26. The van der Waals surface area contributed by atoms with Crippen molar-refractivity contribution >= 4 is 29.9 Å². The van der Waals surface area contributed by atoms with Crippen LogP contribution in [-0.4, -0.2) is 56.6 Å². The number of halogens is 1. The number of aliphatic imine (C=N–C) groups is 1. The van der Waals surface area contributed by atoms with Crippen molar-refractivity contribution in [3.63, 3.8) is 0 Å². The SMILES string of the molecule is CCNC(=NCC(C)(O)c1ccc(C)o1)NCCOCC1CCCO1.I. The number of guanidine groups is 1. The summed E-state index contributed by atoms with van der Waals surface area (Å²) < 4.78 is 16.7. The molecule has 150 valence electrons. The maximum atomic E-state index is 10.6. The van der Waals surface area contributed by atoms with Gasteiger partial charge in [-0.25, -0.2) is 4.99 Å². The molecule has 1 saturated heterocycles. The molecule has 3 N–H and O–H groups in total. The summed E-state index contributed by atoms with van der Waals surface area (Å²) in [6.07, 6.45) is 2.45. The van der Waals surface area contributed by atoms with Crippen molar-refractivity contribution in [2.75, 3.05) is 39.5 Å². The summed E-state index contributed by atoms with van der Waals surface area (Å²) in [6.45, 7) is 9.20. The molecule has 0 radical (unpaired) electrons. The molecule has 7 nitrogen and oxygen atoms in total. The molecule has 8 heteroatoms. The maximum absolute atomic E-state index is 10.6. The fourth-order valence-electron chi connectivity index (χ4n) is 2.61. The van der Waals surface area contributed by atoms with E-state index in [1.807, 2.05) is 19.9 Å². The van der Waals surface area contributed by atoms with Gasteiger partial charge < -0.3 is 29.6 Å². The number of nitrogens with one attached hydrogen (secondary N) is 2. The van der Waals surface area contributed by atoms with Crippen molar-refractivity contribution < 1.29 is 19.0 Å². The summed E-state index contributed by atoms with van der Waals surface area (Å²) >= 11 is 0. The number of ether oxygens (including phenoxy) is 2. The summed E-state index contributed by atoms with van der Waals surface area (Å²) in [7, 11) is 0. The van der Waals surface area contributed by atoms with Gasteiger partial charge in [0.15, 0.2) is 5.96 Å². The second-order valence-electron chi connectivity index (χ2n) is 6.52. The van der Waals surface area contributed by atoms with Crippen LogP contribution in [0.5, 0.6) is 0 Å². The summed E-state index contributed by atoms with van der Waals surface area (Å²) in [4.78, 5) is 4.45. The van der Waals surface area contributed by atoms with Crippen LogP contribution in [0.2, 0.25) is 0 Å². The number of aliphatic hydroxyl groups is 1. The van der Waals surface area contributed by atoms with Gasteiger partial charge in [0, 0.05) is 19.7 Å². The highest BCUT2D eigenvalue weighted by atomic mass is 127. The van der Waals surface area contributed by atoms with E-state index in [2.05, 4.69) is 15.6 Å². The van der Waals surface area contributed by atoms with Gasteiger partial charge in [-0.2, -0.15) is 0 Å². The van der Waals surface area contributed by atoms with Gasteiger partial charge in [-0.15, -0.1) is 24.0 Å². The Balaban J connectivity index is 0.00000338. The molecule has 2 unspecified atom stereocenters. The van der Waals surface area contributed by atoms with E-state index >= 15 is 0 Å². The number of aryl methyl sites for hydroxylation is 1. The highest BCUT2D eigenvalue weighted by molar-refractivity contribution is 14.0. The smallest absolute Gasteiger partial charge is 0.191 e. The number of hydrogen-bond acceptors (Lipinski definition) is 5. The molecule has 1 aromatic heterocycles. The van der Waals surface area contributed by atoms with Crippen LogP contribution >= 0.6 is 24.0 Å². The lowest BCUT2D eigenvalue weighted by molar-refractivity contribution is 0.0190. The zero-order valence-electron chi connectivity index (χ0n) is 15.9. The zero-order chi connectivity index (χ0) is 18.1. The molecule has 1 aliphatic heterocycles. The van der Waals surface area contributed by atoms with Crippen LogP contribution in [0.3, 0.4) is 0 Å². The lowest BCUT2D eigenvalue weighted by Crippen LogP contribution is -2.40. The third kappa shape index (κ3) is 7.81. The van der Waals surface area contributed by atoms with Gasteiger partial charge in [0.1, 0.15) is 17.1 Å². The second-order valence-corrected chi connectivity index (χ2v) is 6.52. The van der Waals surface area contributed by atoms with Crippen LogP contribution in [0.1, 0.15) is 38.2 Å². The number of furan rings is 1. The molecule has 2 rings (SSSR count). The van der Waals surface area contributed by atoms with Gasteiger partial charge in [0.2, 0.25) is 0 Å². The molecule has 0 spiro atoms. The van der Waals surface area contributed by atoms with Gasteiger partial charge in [-0.3, -0.25) is 0 Å². The van der Waals surface area contributed by atoms with Gasteiger partial charge in [0.25, 0.3) is 0 Å². The summed E-state index contributed by atoms with van der Waals surface area (Å²) in [5.41, 5.74) is -1.15. The van der Waals surface area contributed by atoms with E-state index in [9.17, 15) is 5.11 Å². The van der Waals surface area contributed by atoms with E-state index in [0.29, 0.717) is 31.5 Å². The molecular weight excluding hydrogens is 449 g/mol. The van der Waals surface area contributed by atoms with E-state index in [0.717, 1.165) is 31.8 Å². The maximum Gasteiger partial charge on any atom is 0.191 e. The van der Waals surface area contributed by atoms with Crippen molar-refractivity contribution in [2.45, 2.75) is 45.3 Å². The predicted molar refractivity (Wildman–Crippen MR) is 112 cm³/mol. The zero-order valence-corrected chi connectivity index (χ0v) is 18.2. The Kier molecular flexibility index (Phi) is 10.5. The van der Waals surface area contributed by atoms with Crippen LogP contribution in [0.4, 0.5) is 0 Å². The molecule has 0 saturated carbocycles. The Morgan fingerprint density at radius 2 is 2.23 bits per heavy atom. The largest absolute Gasteiger partial charge is 0.463 e. The van der Waals surface area contributed by atoms with Crippen molar-refractivity contribution in [2.24, 2.45) is 4.99 Å². The minimum Gasteiger partial charge on any atom is -0.463 e. The first-order valence-electron chi connectivity index (χ1n) is 9.02. The van der Waals surface area contributed by atoms with Gasteiger partial charge in [-0.1, -0.05) is 0 Å². The predicted octanol–water partition coefficient (Wildman–Crippen LogP) is 2.16. The number of hydrogen-bond donors (Lipinski definition) is 3. The van der Waals surface area contributed by atoms with E-state index in [1.165, 1.54) is 0 Å².